The van der Waals surface area contributed by atoms with Gasteiger partial charge < -0.3 is 5.73 Å². The van der Waals surface area contributed by atoms with Crippen LogP contribution in [0.2, 0.25) is 5.02 Å². The Labute approximate surface area is 106 Å². The highest BCUT2D eigenvalue weighted by Crippen LogP contribution is 2.32. The van der Waals surface area contributed by atoms with Gasteiger partial charge >= 0.3 is 0 Å². The summed E-state index contributed by atoms with van der Waals surface area (Å²) >= 11 is 5.90. The number of rotatable bonds is 3. The van der Waals surface area contributed by atoms with Crippen molar-refractivity contribution in [3.05, 3.63) is 22.7 Å². The average molecular weight is 275 g/mol. The first-order chi connectivity index (χ1) is 7.81. The summed E-state index contributed by atoms with van der Waals surface area (Å²) in [6.45, 7) is 3.74. The van der Waals surface area contributed by atoms with Crippen LogP contribution in [0.4, 0.5) is 5.69 Å². The molecular formula is C11H15ClN2O2S. The first kappa shape index (κ1) is 12.7. The summed E-state index contributed by atoms with van der Waals surface area (Å²) in [5, 5.41) is 0.406. The minimum atomic E-state index is -3.48. The maximum atomic E-state index is 12.0. The van der Waals surface area contributed by atoms with Crippen LogP contribution in [0.25, 0.3) is 0 Å². The SMILES string of the molecule is Cc1cc(S(=O)(=O)NC2CC2C)cc(N)c1Cl. The van der Waals surface area contributed by atoms with Crippen LogP contribution in [0.5, 0.6) is 0 Å². The first-order valence-corrected chi connectivity index (χ1v) is 7.25. The molecule has 2 atom stereocenters. The minimum Gasteiger partial charge on any atom is -0.397 e. The third kappa shape index (κ3) is 2.56. The molecule has 0 amide bonds. The molecule has 0 saturated heterocycles. The molecule has 1 aliphatic rings. The maximum absolute atomic E-state index is 12.0. The van der Waals surface area contributed by atoms with Gasteiger partial charge in [-0.3, -0.25) is 0 Å². The van der Waals surface area contributed by atoms with Gasteiger partial charge in [-0.1, -0.05) is 18.5 Å². The third-order valence-corrected chi connectivity index (χ3v) is 4.97. The van der Waals surface area contributed by atoms with Crippen molar-refractivity contribution in [3.63, 3.8) is 0 Å². The molecule has 0 aliphatic heterocycles. The zero-order valence-corrected chi connectivity index (χ0v) is 11.3. The zero-order valence-electron chi connectivity index (χ0n) is 9.70. The van der Waals surface area contributed by atoms with Crippen molar-refractivity contribution in [2.45, 2.75) is 31.2 Å². The lowest BCUT2D eigenvalue weighted by molar-refractivity contribution is 0.578. The molecule has 1 fully saturated rings. The standard InChI is InChI=1S/C11H15ClN2O2S/c1-6-4-10(6)14-17(15,16)8-3-7(2)11(12)9(13)5-8/h3,5-6,10,14H,4,13H2,1-2H3. The van der Waals surface area contributed by atoms with E-state index in [1.807, 2.05) is 6.92 Å². The fourth-order valence-corrected chi connectivity index (χ4v) is 3.26. The van der Waals surface area contributed by atoms with Gasteiger partial charge in [0.25, 0.3) is 0 Å². The van der Waals surface area contributed by atoms with E-state index in [2.05, 4.69) is 4.72 Å². The maximum Gasteiger partial charge on any atom is 0.240 e. The number of nitrogens with two attached hydrogens (primary N) is 1. The minimum absolute atomic E-state index is 0.0530. The molecule has 1 saturated carbocycles. The van der Waals surface area contributed by atoms with E-state index in [9.17, 15) is 8.42 Å². The lowest BCUT2D eigenvalue weighted by Gasteiger charge is -2.09. The van der Waals surface area contributed by atoms with Crippen molar-refractivity contribution in [1.82, 2.24) is 4.72 Å². The van der Waals surface area contributed by atoms with Crippen LogP contribution < -0.4 is 10.5 Å². The highest BCUT2D eigenvalue weighted by molar-refractivity contribution is 7.89. The molecule has 6 heteroatoms. The molecule has 2 unspecified atom stereocenters. The average Bonchev–Trinajstić information content (AvgIpc) is 2.89. The van der Waals surface area contributed by atoms with E-state index in [-0.39, 0.29) is 16.6 Å². The Hall–Kier alpha value is -0.780. The largest absolute Gasteiger partial charge is 0.397 e. The third-order valence-electron chi connectivity index (χ3n) is 2.98. The Morgan fingerprint density at radius 3 is 2.53 bits per heavy atom. The van der Waals surface area contributed by atoms with E-state index < -0.39 is 10.0 Å². The molecule has 2 rings (SSSR count). The predicted molar refractivity (Wildman–Crippen MR) is 68.5 cm³/mol. The molecule has 1 aromatic carbocycles. The van der Waals surface area contributed by atoms with E-state index in [0.717, 1.165) is 6.42 Å². The molecule has 94 valence electrons. The number of halogens is 1. The first-order valence-electron chi connectivity index (χ1n) is 5.39. The Morgan fingerprint density at radius 2 is 2.06 bits per heavy atom. The van der Waals surface area contributed by atoms with Crippen LogP contribution in [-0.4, -0.2) is 14.5 Å². The van der Waals surface area contributed by atoms with Crippen molar-refractivity contribution >= 4 is 27.3 Å². The summed E-state index contributed by atoms with van der Waals surface area (Å²) in [6.07, 6.45) is 0.890. The van der Waals surface area contributed by atoms with Crippen LogP contribution in [-0.2, 0) is 10.0 Å². The number of sulfonamides is 1. The number of hydrogen-bond donors (Lipinski definition) is 2. The van der Waals surface area contributed by atoms with E-state index >= 15 is 0 Å². The number of nitrogens with one attached hydrogen (secondary N) is 1. The van der Waals surface area contributed by atoms with Gasteiger partial charge in [0.05, 0.1) is 15.6 Å². The fourth-order valence-electron chi connectivity index (χ4n) is 1.67. The van der Waals surface area contributed by atoms with Gasteiger partial charge in [0.1, 0.15) is 0 Å². The molecule has 17 heavy (non-hydrogen) atoms. The number of anilines is 1. The van der Waals surface area contributed by atoms with E-state index in [1.165, 1.54) is 12.1 Å². The monoisotopic (exact) mass is 274 g/mol. The van der Waals surface area contributed by atoms with Crippen molar-refractivity contribution in [3.8, 4) is 0 Å². The second-order valence-corrected chi connectivity index (χ2v) is 6.68. The number of hydrogen-bond acceptors (Lipinski definition) is 3. The molecule has 0 radical (unpaired) electrons. The number of nitrogen functional groups attached to an aromatic ring is 1. The van der Waals surface area contributed by atoms with Crippen LogP contribution in [0, 0.1) is 12.8 Å². The quantitative estimate of drug-likeness (QED) is 0.827. The molecule has 1 aromatic rings. The highest BCUT2D eigenvalue weighted by atomic mass is 35.5. The van der Waals surface area contributed by atoms with Crippen molar-refractivity contribution in [2.24, 2.45) is 5.92 Å². The van der Waals surface area contributed by atoms with Crippen molar-refractivity contribution in [2.75, 3.05) is 5.73 Å². The van der Waals surface area contributed by atoms with Gasteiger partial charge in [-0.2, -0.15) is 0 Å². The van der Waals surface area contributed by atoms with Crippen molar-refractivity contribution in [1.29, 1.82) is 0 Å². The second-order valence-electron chi connectivity index (χ2n) is 4.58. The lowest BCUT2D eigenvalue weighted by atomic mass is 10.2. The number of aryl methyl sites for hydroxylation is 1. The Kier molecular flexibility index (Phi) is 3.10. The normalized spacial score (nSPS) is 23.7. The molecule has 0 aromatic heterocycles. The molecule has 0 spiro atoms. The lowest BCUT2D eigenvalue weighted by Crippen LogP contribution is -2.27. The van der Waals surface area contributed by atoms with Gasteiger partial charge in [-0.25, -0.2) is 13.1 Å². The Balaban J connectivity index is 2.33. The topological polar surface area (TPSA) is 72.2 Å². The number of benzene rings is 1. The summed E-state index contributed by atoms with van der Waals surface area (Å²) in [7, 11) is -3.48. The molecule has 0 heterocycles. The Bertz CT molecular complexity index is 534. The van der Waals surface area contributed by atoms with Crippen LogP contribution in [0.1, 0.15) is 18.9 Å². The molecule has 1 aliphatic carbocycles. The highest BCUT2D eigenvalue weighted by Gasteiger charge is 2.36. The molecule has 3 N–H and O–H groups in total. The van der Waals surface area contributed by atoms with Gasteiger partial charge in [0, 0.05) is 6.04 Å². The van der Waals surface area contributed by atoms with E-state index in [0.29, 0.717) is 16.5 Å². The van der Waals surface area contributed by atoms with Crippen LogP contribution in [0.3, 0.4) is 0 Å². The van der Waals surface area contributed by atoms with E-state index in [1.54, 1.807) is 6.92 Å². The summed E-state index contributed by atoms with van der Waals surface area (Å²) in [6, 6.07) is 2.98. The van der Waals surface area contributed by atoms with Gasteiger partial charge in [0.15, 0.2) is 0 Å². The van der Waals surface area contributed by atoms with Gasteiger partial charge in [-0.05, 0) is 37.0 Å². The second kappa shape index (κ2) is 4.15. The van der Waals surface area contributed by atoms with Crippen molar-refractivity contribution < 1.29 is 8.42 Å². The summed E-state index contributed by atoms with van der Waals surface area (Å²) in [5.41, 5.74) is 6.62. The zero-order chi connectivity index (χ0) is 12.8. The van der Waals surface area contributed by atoms with Gasteiger partial charge in [-0.15, -0.1) is 0 Å². The molecule has 0 bridgehead atoms. The molecular weight excluding hydrogens is 260 g/mol. The van der Waals surface area contributed by atoms with Gasteiger partial charge in [0.2, 0.25) is 10.0 Å². The predicted octanol–water partition coefficient (Wildman–Crippen LogP) is 1.92. The van der Waals surface area contributed by atoms with Crippen LogP contribution >= 0.6 is 11.6 Å². The Morgan fingerprint density at radius 1 is 1.47 bits per heavy atom. The van der Waals surface area contributed by atoms with Crippen LogP contribution in [0.15, 0.2) is 17.0 Å². The summed E-state index contributed by atoms with van der Waals surface area (Å²) in [4.78, 5) is 0.177. The van der Waals surface area contributed by atoms with E-state index in [4.69, 9.17) is 17.3 Å². The molecule has 4 nitrogen and oxygen atoms in total. The fraction of sp³-hybridized carbons (Fsp3) is 0.455. The smallest absolute Gasteiger partial charge is 0.240 e. The summed E-state index contributed by atoms with van der Waals surface area (Å²) in [5.74, 6) is 0.413. The summed E-state index contributed by atoms with van der Waals surface area (Å²) < 4.78 is 26.7.